The molecule has 21 heavy (non-hydrogen) atoms. The van der Waals surface area contributed by atoms with E-state index in [0.29, 0.717) is 17.2 Å². The zero-order valence-corrected chi connectivity index (χ0v) is 13.5. The Balaban J connectivity index is 2.62. The molecule has 1 unspecified atom stereocenters. The van der Waals surface area contributed by atoms with E-state index in [1.807, 2.05) is 13.8 Å². The number of carbonyl (C=O) groups excluding carboxylic acids is 2. The number of nitrogens with one attached hydrogen (secondary N) is 1. The van der Waals surface area contributed by atoms with Crippen LogP contribution in [-0.2, 0) is 14.3 Å². The molecule has 0 radical (unpaired) electrons. The number of aryl methyl sites for hydroxylation is 1. The fourth-order valence-electron chi connectivity index (χ4n) is 1.58. The van der Waals surface area contributed by atoms with E-state index in [2.05, 4.69) is 15.0 Å². The summed E-state index contributed by atoms with van der Waals surface area (Å²) in [4.78, 5) is 27.8. The van der Waals surface area contributed by atoms with Gasteiger partial charge in [-0.05, 0) is 20.8 Å². The maximum absolute atomic E-state index is 12.0. The number of rotatable bonds is 7. The lowest BCUT2D eigenvalue weighted by Crippen LogP contribution is -2.23. The van der Waals surface area contributed by atoms with Crippen molar-refractivity contribution in [2.24, 2.45) is 0 Å². The van der Waals surface area contributed by atoms with Gasteiger partial charge in [-0.25, -0.2) is 9.78 Å². The number of carbonyl (C=O) groups is 2. The summed E-state index contributed by atoms with van der Waals surface area (Å²) in [5.74, 6) is -0.666. The summed E-state index contributed by atoms with van der Waals surface area (Å²) in [5.41, 5.74) is 0.677. The van der Waals surface area contributed by atoms with Crippen molar-refractivity contribution in [2.45, 2.75) is 26.9 Å². The van der Waals surface area contributed by atoms with Crippen LogP contribution in [-0.4, -0.2) is 37.1 Å². The van der Waals surface area contributed by atoms with Crippen molar-refractivity contribution in [3.63, 3.8) is 0 Å². The average molecular weight is 312 g/mol. The first kappa shape index (κ1) is 17.3. The number of nitrogens with zero attached hydrogens (tertiary/aromatic N) is 1. The lowest BCUT2D eigenvalue weighted by Gasteiger charge is -2.06. The Kier molecular flexibility index (Phi) is 7.04. The Morgan fingerprint density at radius 3 is 2.81 bits per heavy atom. The maximum Gasteiger partial charge on any atom is 0.330 e. The summed E-state index contributed by atoms with van der Waals surface area (Å²) in [5, 5.41) is 3.48. The molecular weight excluding hydrogens is 292 g/mol. The number of hydrogen-bond acceptors (Lipinski definition) is 6. The summed E-state index contributed by atoms with van der Waals surface area (Å²) in [6.07, 6.45) is 2.67. The smallest absolute Gasteiger partial charge is 0.330 e. The highest BCUT2D eigenvalue weighted by molar-refractivity contribution is 7.13. The molecule has 0 fully saturated rings. The van der Waals surface area contributed by atoms with E-state index in [1.54, 1.807) is 6.92 Å². The van der Waals surface area contributed by atoms with Gasteiger partial charge in [0, 0.05) is 19.2 Å². The van der Waals surface area contributed by atoms with Gasteiger partial charge >= 0.3 is 5.97 Å². The summed E-state index contributed by atoms with van der Waals surface area (Å²) in [6.45, 7) is 6.46. The van der Waals surface area contributed by atoms with Gasteiger partial charge in [0.05, 0.1) is 12.8 Å². The fourth-order valence-corrected chi connectivity index (χ4v) is 2.56. The van der Waals surface area contributed by atoms with E-state index in [9.17, 15) is 9.59 Å². The molecule has 1 amide bonds. The van der Waals surface area contributed by atoms with Crippen molar-refractivity contribution >= 4 is 23.2 Å². The predicted molar refractivity (Wildman–Crippen MR) is 80.4 cm³/mol. The summed E-state index contributed by atoms with van der Waals surface area (Å²) in [6, 6.07) is 0. The van der Waals surface area contributed by atoms with Crippen molar-refractivity contribution < 1.29 is 19.1 Å². The first-order valence-corrected chi connectivity index (χ1v) is 7.42. The van der Waals surface area contributed by atoms with Gasteiger partial charge in [-0.3, -0.25) is 4.79 Å². The third-order valence-electron chi connectivity index (χ3n) is 2.62. The van der Waals surface area contributed by atoms with Gasteiger partial charge in [0.1, 0.15) is 16.0 Å². The molecule has 0 spiro atoms. The fraction of sp³-hybridized carbons (Fsp3) is 0.500. The van der Waals surface area contributed by atoms with E-state index in [0.717, 1.165) is 5.01 Å². The van der Waals surface area contributed by atoms with Crippen molar-refractivity contribution in [1.82, 2.24) is 10.3 Å². The molecule has 1 heterocycles. The van der Waals surface area contributed by atoms with Crippen molar-refractivity contribution in [3.05, 3.63) is 27.7 Å². The normalized spacial score (nSPS) is 12.4. The number of esters is 1. The minimum absolute atomic E-state index is 0.125. The van der Waals surface area contributed by atoms with Crippen molar-refractivity contribution in [3.8, 4) is 0 Å². The lowest BCUT2D eigenvalue weighted by atomic mass is 10.3. The molecule has 116 valence electrons. The first-order chi connectivity index (χ1) is 9.99. The van der Waals surface area contributed by atoms with Crippen LogP contribution in [0.1, 0.15) is 40.3 Å². The summed E-state index contributed by atoms with van der Waals surface area (Å²) < 4.78 is 9.92. The number of ether oxygens (including phenoxy) is 2. The molecule has 0 aliphatic heterocycles. The van der Waals surface area contributed by atoms with Gasteiger partial charge in [0.15, 0.2) is 0 Å². The third-order valence-corrected chi connectivity index (χ3v) is 3.94. The van der Waals surface area contributed by atoms with Crippen molar-refractivity contribution in [2.75, 3.05) is 20.3 Å². The van der Waals surface area contributed by atoms with Gasteiger partial charge in [0.25, 0.3) is 5.91 Å². The van der Waals surface area contributed by atoms with E-state index in [4.69, 9.17) is 4.74 Å². The molecule has 6 nitrogen and oxygen atoms in total. The zero-order chi connectivity index (χ0) is 15.8. The van der Waals surface area contributed by atoms with E-state index >= 15 is 0 Å². The molecule has 0 aliphatic carbocycles. The molecule has 0 aromatic carbocycles. The molecule has 1 rings (SSSR count). The Morgan fingerprint density at radius 1 is 1.48 bits per heavy atom. The molecule has 7 heteroatoms. The number of aromatic nitrogens is 1. The number of hydrogen-bond donors (Lipinski definition) is 1. The number of amides is 1. The van der Waals surface area contributed by atoms with Crippen LogP contribution in [0.4, 0.5) is 0 Å². The van der Waals surface area contributed by atoms with Crippen molar-refractivity contribution in [1.29, 1.82) is 0 Å². The molecule has 1 N–H and O–H groups in total. The minimum Gasteiger partial charge on any atom is -0.466 e. The van der Waals surface area contributed by atoms with Crippen LogP contribution in [0.5, 0.6) is 0 Å². The first-order valence-electron chi connectivity index (χ1n) is 6.61. The second-order valence-corrected chi connectivity index (χ2v) is 5.23. The van der Waals surface area contributed by atoms with Gasteiger partial charge < -0.3 is 14.8 Å². The number of thiazole rings is 1. The van der Waals surface area contributed by atoms with E-state index < -0.39 is 5.97 Å². The Bertz CT molecular complexity index is 525. The van der Waals surface area contributed by atoms with Crippen LogP contribution < -0.4 is 5.32 Å². The average Bonchev–Trinajstić information content (AvgIpc) is 2.85. The molecular formula is C14H20N2O4S. The third kappa shape index (κ3) is 5.28. The highest BCUT2D eigenvalue weighted by atomic mass is 32.1. The van der Waals surface area contributed by atoms with Crippen LogP contribution in [0.25, 0.3) is 0 Å². The summed E-state index contributed by atoms with van der Waals surface area (Å²) in [7, 11) is 1.30. The van der Waals surface area contributed by atoms with Crippen LogP contribution in [0.2, 0.25) is 0 Å². The standard InChI is InChI=1S/C14H20N2O4S/c1-5-20-10(3)14-16-9(2)12(21-14)13(18)15-8-6-7-11(17)19-4/h6-7,10H,5,8H2,1-4H3,(H,15,18)/b7-6+. The van der Waals surface area contributed by atoms with Gasteiger partial charge in [0.2, 0.25) is 0 Å². The van der Waals surface area contributed by atoms with Gasteiger partial charge in [-0.2, -0.15) is 0 Å². The highest BCUT2D eigenvalue weighted by Crippen LogP contribution is 2.25. The molecule has 0 saturated carbocycles. The number of methoxy groups -OCH3 is 1. The van der Waals surface area contributed by atoms with E-state index in [1.165, 1.54) is 30.6 Å². The second-order valence-electron chi connectivity index (χ2n) is 4.20. The van der Waals surface area contributed by atoms with Crippen LogP contribution in [0, 0.1) is 6.92 Å². The zero-order valence-electron chi connectivity index (χ0n) is 12.6. The monoisotopic (exact) mass is 312 g/mol. The molecule has 1 aromatic rings. The predicted octanol–water partition coefficient (Wildman–Crippen LogP) is 2.01. The van der Waals surface area contributed by atoms with Gasteiger partial charge in [-0.1, -0.05) is 6.08 Å². The Labute approximate surface area is 128 Å². The maximum atomic E-state index is 12.0. The quantitative estimate of drug-likeness (QED) is 0.615. The topological polar surface area (TPSA) is 77.5 Å². The highest BCUT2D eigenvalue weighted by Gasteiger charge is 2.18. The summed E-state index contributed by atoms with van der Waals surface area (Å²) >= 11 is 1.32. The Hall–Kier alpha value is -1.73. The molecule has 0 bridgehead atoms. The molecule has 1 aromatic heterocycles. The SMILES string of the molecule is CCOC(C)c1nc(C)c(C(=O)NC/C=C/C(=O)OC)s1. The molecule has 0 aliphatic rings. The van der Waals surface area contributed by atoms with Crippen LogP contribution in [0.15, 0.2) is 12.2 Å². The van der Waals surface area contributed by atoms with Gasteiger partial charge in [-0.15, -0.1) is 11.3 Å². The van der Waals surface area contributed by atoms with Crippen LogP contribution in [0.3, 0.4) is 0 Å². The Morgan fingerprint density at radius 2 is 2.19 bits per heavy atom. The molecule has 1 atom stereocenters. The lowest BCUT2D eigenvalue weighted by molar-refractivity contribution is -0.134. The van der Waals surface area contributed by atoms with Crippen LogP contribution >= 0.6 is 11.3 Å². The second kappa shape index (κ2) is 8.53. The van der Waals surface area contributed by atoms with E-state index in [-0.39, 0.29) is 18.6 Å². The minimum atomic E-state index is -0.453. The molecule has 0 saturated heterocycles. The largest absolute Gasteiger partial charge is 0.466 e.